The molecule has 31 heavy (non-hydrogen) atoms. The molecule has 5 rings (SSSR count). The maximum atomic E-state index is 13.0. The summed E-state index contributed by atoms with van der Waals surface area (Å²) in [5.41, 5.74) is 3.03. The lowest BCUT2D eigenvalue weighted by Gasteiger charge is -2.32. The molecule has 1 aromatic carbocycles. The molecule has 1 fully saturated rings. The average Bonchev–Trinajstić information content (AvgIpc) is 3.21. The van der Waals surface area contributed by atoms with Crippen LogP contribution in [-0.2, 0) is 11.2 Å². The molecule has 2 aliphatic rings. The second-order valence-electron chi connectivity index (χ2n) is 8.17. The number of likely N-dealkylation sites (tertiary alicyclic amines) is 1. The number of amides is 1. The van der Waals surface area contributed by atoms with Crippen molar-refractivity contribution < 1.29 is 9.18 Å². The van der Waals surface area contributed by atoms with Gasteiger partial charge in [0, 0.05) is 19.1 Å². The molecule has 5 nitrogen and oxygen atoms in total. The smallest absolute Gasteiger partial charge is 0.258 e. The number of halogens is 1. The van der Waals surface area contributed by atoms with E-state index in [-0.39, 0.29) is 17.8 Å². The quantitative estimate of drug-likeness (QED) is 0.631. The highest BCUT2D eigenvalue weighted by atomic mass is 32.2. The normalized spacial score (nSPS) is 17.0. The maximum Gasteiger partial charge on any atom is 0.258 e. The Morgan fingerprint density at radius 2 is 1.97 bits per heavy atom. The van der Waals surface area contributed by atoms with E-state index in [1.54, 1.807) is 0 Å². The van der Waals surface area contributed by atoms with Crippen LogP contribution in [-0.4, -0.2) is 45.9 Å². The number of aryl methyl sites for hydroxylation is 1. The zero-order valence-electron chi connectivity index (χ0n) is 17.3. The number of piperidine rings is 1. The van der Waals surface area contributed by atoms with Gasteiger partial charge in [-0.15, -0.1) is 0 Å². The topological polar surface area (TPSA) is 49.6 Å². The van der Waals surface area contributed by atoms with E-state index in [1.807, 2.05) is 42.6 Å². The molecule has 0 aliphatic carbocycles. The number of nitrogens with one attached hydrogen (secondary N) is 1. The summed E-state index contributed by atoms with van der Waals surface area (Å²) in [7, 11) is 0. The first kappa shape index (κ1) is 20.3. The average molecular weight is 437 g/mol. The van der Waals surface area contributed by atoms with Crippen molar-refractivity contribution in [1.82, 2.24) is 19.6 Å². The first-order valence-corrected chi connectivity index (χ1v) is 11.6. The van der Waals surface area contributed by atoms with Gasteiger partial charge in [-0.1, -0.05) is 30.0 Å². The van der Waals surface area contributed by atoms with Gasteiger partial charge in [0.05, 0.1) is 21.8 Å². The largest absolute Gasteiger partial charge is 0.349 e. The lowest BCUT2D eigenvalue weighted by molar-refractivity contribution is -0.117. The monoisotopic (exact) mass is 436 g/mol. The molecule has 7 heteroatoms. The molecule has 0 saturated carbocycles. The van der Waals surface area contributed by atoms with E-state index in [1.165, 1.54) is 29.5 Å². The Hall–Kier alpha value is -2.64. The van der Waals surface area contributed by atoms with Crippen LogP contribution >= 0.6 is 11.8 Å². The second kappa shape index (κ2) is 8.85. The highest BCUT2D eigenvalue weighted by molar-refractivity contribution is 8.04. The van der Waals surface area contributed by atoms with E-state index in [9.17, 15) is 9.18 Å². The zero-order chi connectivity index (χ0) is 21.2. The molecule has 0 radical (unpaired) electrons. The summed E-state index contributed by atoms with van der Waals surface area (Å²) in [4.78, 5) is 20.5. The Bertz CT molecular complexity index is 1120. The highest BCUT2D eigenvalue weighted by Crippen LogP contribution is 2.34. The highest BCUT2D eigenvalue weighted by Gasteiger charge is 2.24. The van der Waals surface area contributed by atoms with Gasteiger partial charge in [0.25, 0.3) is 5.91 Å². The molecule has 1 saturated heterocycles. The van der Waals surface area contributed by atoms with E-state index < -0.39 is 0 Å². The Morgan fingerprint density at radius 3 is 2.77 bits per heavy atom. The molecule has 0 unspecified atom stereocenters. The fraction of sp³-hybridized carbons (Fsp3) is 0.333. The van der Waals surface area contributed by atoms with Crippen LogP contribution in [0.2, 0.25) is 0 Å². The molecular formula is C24H25FN4OS. The van der Waals surface area contributed by atoms with E-state index in [4.69, 9.17) is 0 Å². The second-order valence-corrected chi connectivity index (χ2v) is 9.23. The van der Waals surface area contributed by atoms with Crippen LogP contribution in [0.15, 0.2) is 58.6 Å². The van der Waals surface area contributed by atoms with Gasteiger partial charge in [-0.2, -0.15) is 0 Å². The van der Waals surface area contributed by atoms with Crippen molar-refractivity contribution in [3.05, 3.63) is 70.6 Å². The summed E-state index contributed by atoms with van der Waals surface area (Å²) in [6, 6.07) is 13.0. The van der Waals surface area contributed by atoms with Crippen molar-refractivity contribution in [2.45, 2.75) is 36.8 Å². The van der Waals surface area contributed by atoms with Gasteiger partial charge in [-0.25, -0.2) is 9.37 Å². The molecule has 3 aromatic rings. The number of benzene rings is 1. The first-order chi connectivity index (χ1) is 15.2. The standard InChI is InChI=1S/C24H25FN4OS/c25-18-8-6-17(7-9-18)3-2-12-28-13-10-19(11-14-28)27-24(30)21-15-20-16-26-22-4-1-5-23(31-21)29(20)22/h1,4-9,15-16,19H,2-3,10-14H2,(H,27,30). The fourth-order valence-electron chi connectivity index (χ4n) is 4.31. The molecule has 4 heterocycles. The molecule has 1 N–H and O–H groups in total. The van der Waals surface area contributed by atoms with Crippen molar-refractivity contribution >= 4 is 29.4 Å². The summed E-state index contributed by atoms with van der Waals surface area (Å²) in [6.45, 7) is 3.02. The number of rotatable bonds is 6. The first-order valence-electron chi connectivity index (χ1n) is 10.8. The number of hydrogen-bond donors (Lipinski definition) is 1. The number of carbonyl (C=O) groups is 1. The number of nitrogens with zero attached hydrogens (tertiary/aromatic N) is 3. The number of pyridine rings is 1. The van der Waals surface area contributed by atoms with Crippen LogP contribution < -0.4 is 5.32 Å². The third-order valence-electron chi connectivity index (χ3n) is 6.01. The van der Waals surface area contributed by atoms with Gasteiger partial charge < -0.3 is 10.2 Å². The van der Waals surface area contributed by atoms with Crippen molar-refractivity contribution in [3.63, 3.8) is 0 Å². The lowest BCUT2D eigenvalue weighted by atomic mass is 10.0. The minimum Gasteiger partial charge on any atom is -0.349 e. The van der Waals surface area contributed by atoms with Crippen LogP contribution in [0.3, 0.4) is 0 Å². The Balaban J connectivity index is 1.10. The van der Waals surface area contributed by atoms with E-state index in [0.717, 1.165) is 66.6 Å². The Kier molecular flexibility index (Phi) is 5.78. The molecule has 1 amide bonds. The number of hydrogen-bond acceptors (Lipinski definition) is 4. The van der Waals surface area contributed by atoms with Crippen LogP contribution in [0.1, 0.15) is 30.5 Å². The summed E-state index contributed by atoms with van der Waals surface area (Å²) in [6.07, 6.45) is 7.70. The van der Waals surface area contributed by atoms with Crippen molar-refractivity contribution in [1.29, 1.82) is 0 Å². The van der Waals surface area contributed by atoms with Gasteiger partial charge in [0.15, 0.2) is 0 Å². The van der Waals surface area contributed by atoms with Gasteiger partial charge >= 0.3 is 0 Å². The number of imidazole rings is 1. The molecule has 0 bridgehead atoms. The summed E-state index contributed by atoms with van der Waals surface area (Å²) >= 11 is 1.50. The van der Waals surface area contributed by atoms with Crippen molar-refractivity contribution in [2.75, 3.05) is 19.6 Å². The van der Waals surface area contributed by atoms with Crippen LogP contribution in [0.5, 0.6) is 0 Å². The molecule has 2 aliphatic heterocycles. The SMILES string of the molecule is O=C(NC1CCN(CCCc2ccc(F)cc2)CC1)C1=Cc2cnc3cccc(n23)S1. The molecular weight excluding hydrogens is 411 g/mol. The Labute approximate surface area is 185 Å². The van der Waals surface area contributed by atoms with Gasteiger partial charge in [-0.3, -0.25) is 9.20 Å². The van der Waals surface area contributed by atoms with Crippen LogP contribution in [0, 0.1) is 5.82 Å². The number of aromatic nitrogens is 2. The minimum atomic E-state index is -0.182. The van der Waals surface area contributed by atoms with E-state index in [0.29, 0.717) is 0 Å². The summed E-state index contributed by atoms with van der Waals surface area (Å²) < 4.78 is 15.1. The predicted molar refractivity (Wildman–Crippen MR) is 121 cm³/mol. The zero-order valence-corrected chi connectivity index (χ0v) is 18.1. The molecule has 160 valence electrons. The number of thioether (sulfide) groups is 1. The van der Waals surface area contributed by atoms with Crippen molar-refractivity contribution in [2.24, 2.45) is 0 Å². The Morgan fingerprint density at radius 1 is 1.16 bits per heavy atom. The molecule has 2 aromatic heterocycles. The van der Waals surface area contributed by atoms with Gasteiger partial charge in [0.1, 0.15) is 11.5 Å². The fourth-order valence-corrected chi connectivity index (χ4v) is 5.31. The minimum absolute atomic E-state index is 0.00390. The van der Waals surface area contributed by atoms with Gasteiger partial charge in [-0.05, 0) is 68.1 Å². The van der Waals surface area contributed by atoms with Gasteiger partial charge in [0.2, 0.25) is 0 Å². The molecule has 0 spiro atoms. The van der Waals surface area contributed by atoms with Crippen LogP contribution in [0.4, 0.5) is 4.39 Å². The number of carbonyl (C=O) groups excluding carboxylic acids is 1. The maximum absolute atomic E-state index is 13.0. The van der Waals surface area contributed by atoms with E-state index in [2.05, 4.69) is 19.6 Å². The van der Waals surface area contributed by atoms with Crippen LogP contribution in [0.25, 0.3) is 11.7 Å². The van der Waals surface area contributed by atoms with E-state index >= 15 is 0 Å². The third-order valence-corrected chi connectivity index (χ3v) is 7.06. The third kappa shape index (κ3) is 4.52. The predicted octanol–water partition coefficient (Wildman–Crippen LogP) is 4.13. The molecule has 0 atom stereocenters. The summed E-state index contributed by atoms with van der Waals surface area (Å²) in [5, 5.41) is 4.25. The lowest BCUT2D eigenvalue weighted by Crippen LogP contribution is -2.45. The van der Waals surface area contributed by atoms with Crippen molar-refractivity contribution in [3.8, 4) is 0 Å². The summed E-state index contributed by atoms with van der Waals surface area (Å²) in [5.74, 6) is -0.179.